The molecule has 0 aromatic heterocycles. The second kappa shape index (κ2) is 5.82. The van der Waals surface area contributed by atoms with Crippen LogP contribution in [0.25, 0.3) is 0 Å². The first-order valence-corrected chi connectivity index (χ1v) is 6.29. The van der Waals surface area contributed by atoms with Crippen molar-refractivity contribution in [3.63, 3.8) is 0 Å². The maximum atomic E-state index is 11.8. The average Bonchev–Trinajstić information content (AvgIpc) is 2.33. The highest BCUT2D eigenvalue weighted by Crippen LogP contribution is 2.05. The number of hydrogen-bond acceptors (Lipinski definition) is 2. The number of benzene rings is 1. The Morgan fingerprint density at radius 3 is 2.82 bits per heavy atom. The molecule has 1 aliphatic rings. The SMILES string of the molecule is Cc1ccc(CC(=O)N[C@@H]2CCCNC2)cc1. The number of rotatable bonds is 3. The molecule has 1 saturated heterocycles. The number of amides is 1. The number of hydrogen-bond donors (Lipinski definition) is 2. The summed E-state index contributed by atoms with van der Waals surface area (Å²) < 4.78 is 0. The molecule has 3 nitrogen and oxygen atoms in total. The van der Waals surface area contributed by atoms with Crippen LogP contribution in [0, 0.1) is 6.92 Å². The van der Waals surface area contributed by atoms with Crippen LogP contribution in [-0.2, 0) is 11.2 Å². The van der Waals surface area contributed by atoms with Crippen LogP contribution in [0.1, 0.15) is 24.0 Å². The first-order valence-electron chi connectivity index (χ1n) is 6.29. The molecule has 2 rings (SSSR count). The fraction of sp³-hybridized carbons (Fsp3) is 0.500. The number of piperidine rings is 1. The highest BCUT2D eigenvalue weighted by atomic mass is 16.1. The molecule has 0 aliphatic carbocycles. The van der Waals surface area contributed by atoms with Crippen molar-refractivity contribution in [1.82, 2.24) is 10.6 Å². The van der Waals surface area contributed by atoms with E-state index in [2.05, 4.69) is 17.6 Å². The average molecular weight is 232 g/mol. The normalized spacial score (nSPS) is 19.9. The van der Waals surface area contributed by atoms with Gasteiger partial charge in [-0.3, -0.25) is 4.79 Å². The summed E-state index contributed by atoms with van der Waals surface area (Å²) >= 11 is 0. The van der Waals surface area contributed by atoms with Crippen LogP contribution in [0.5, 0.6) is 0 Å². The third kappa shape index (κ3) is 3.86. The smallest absolute Gasteiger partial charge is 0.224 e. The van der Waals surface area contributed by atoms with Gasteiger partial charge in [0.05, 0.1) is 6.42 Å². The van der Waals surface area contributed by atoms with Gasteiger partial charge in [0, 0.05) is 12.6 Å². The molecule has 0 unspecified atom stereocenters. The lowest BCUT2D eigenvalue weighted by Crippen LogP contribution is -2.46. The Balaban J connectivity index is 1.82. The molecule has 17 heavy (non-hydrogen) atoms. The van der Waals surface area contributed by atoms with Crippen LogP contribution in [0.15, 0.2) is 24.3 Å². The van der Waals surface area contributed by atoms with Gasteiger partial charge in [-0.2, -0.15) is 0 Å². The zero-order chi connectivity index (χ0) is 12.1. The number of nitrogens with one attached hydrogen (secondary N) is 2. The predicted molar refractivity (Wildman–Crippen MR) is 68.9 cm³/mol. The molecule has 1 aromatic rings. The Morgan fingerprint density at radius 2 is 2.18 bits per heavy atom. The molecule has 92 valence electrons. The van der Waals surface area contributed by atoms with Crippen molar-refractivity contribution in [1.29, 1.82) is 0 Å². The second-order valence-corrected chi connectivity index (χ2v) is 4.77. The molecule has 0 radical (unpaired) electrons. The minimum absolute atomic E-state index is 0.127. The van der Waals surface area contributed by atoms with Crippen molar-refractivity contribution >= 4 is 5.91 Å². The van der Waals surface area contributed by atoms with Crippen LogP contribution >= 0.6 is 0 Å². The van der Waals surface area contributed by atoms with E-state index in [1.807, 2.05) is 24.3 Å². The topological polar surface area (TPSA) is 41.1 Å². The van der Waals surface area contributed by atoms with Crippen LogP contribution < -0.4 is 10.6 Å². The molecule has 3 heteroatoms. The standard InChI is InChI=1S/C14H20N2O/c1-11-4-6-12(7-5-11)9-14(17)16-13-3-2-8-15-10-13/h4-7,13,15H,2-3,8-10H2,1H3,(H,16,17)/t13-/m1/s1. The van der Waals surface area contributed by atoms with Crippen molar-refractivity contribution in [3.05, 3.63) is 35.4 Å². The molecule has 1 aromatic carbocycles. The zero-order valence-electron chi connectivity index (χ0n) is 10.3. The summed E-state index contributed by atoms with van der Waals surface area (Å²) in [6, 6.07) is 8.44. The van der Waals surface area contributed by atoms with Gasteiger partial charge < -0.3 is 10.6 Å². The Labute approximate surface area is 103 Å². The van der Waals surface area contributed by atoms with Crippen molar-refractivity contribution in [3.8, 4) is 0 Å². The van der Waals surface area contributed by atoms with Gasteiger partial charge in [-0.15, -0.1) is 0 Å². The Bertz CT molecular complexity index is 366. The summed E-state index contributed by atoms with van der Waals surface area (Å²) in [5.41, 5.74) is 2.31. The van der Waals surface area contributed by atoms with Crippen LogP contribution in [0.2, 0.25) is 0 Å². The molecule has 0 saturated carbocycles. The van der Waals surface area contributed by atoms with E-state index in [1.54, 1.807) is 0 Å². The van der Waals surface area contributed by atoms with Crippen molar-refractivity contribution in [2.24, 2.45) is 0 Å². The molecule has 1 atom stereocenters. The molecular formula is C14H20N2O. The van der Waals surface area contributed by atoms with Gasteiger partial charge in [-0.1, -0.05) is 29.8 Å². The summed E-state index contributed by atoms with van der Waals surface area (Å²) in [5, 5.41) is 6.38. The van der Waals surface area contributed by atoms with E-state index in [4.69, 9.17) is 0 Å². The predicted octanol–water partition coefficient (Wildman–Crippen LogP) is 1.41. The Kier molecular flexibility index (Phi) is 4.15. The summed E-state index contributed by atoms with van der Waals surface area (Å²) in [5.74, 6) is 0.127. The monoisotopic (exact) mass is 232 g/mol. The van der Waals surface area contributed by atoms with Gasteiger partial charge in [0.2, 0.25) is 5.91 Å². The summed E-state index contributed by atoms with van der Waals surface area (Å²) in [4.78, 5) is 11.8. The third-order valence-corrected chi connectivity index (χ3v) is 3.15. The number of carbonyl (C=O) groups excluding carboxylic acids is 1. The molecule has 1 amide bonds. The maximum Gasteiger partial charge on any atom is 0.224 e. The minimum atomic E-state index is 0.127. The lowest BCUT2D eigenvalue weighted by molar-refractivity contribution is -0.121. The molecular weight excluding hydrogens is 212 g/mol. The van der Waals surface area contributed by atoms with E-state index in [9.17, 15) is 4.79 Å². The lowest BCUT2D eigenvalue weighted by atomic mass is 10.1. The molecule has 1 aliphatic heterocycles. The van der Waals surface area contributed by atoms with Gasteiger partial charge in [0.25, 0.3) is 0 Å². The summed E-state index contributed by atoms with van der Waals surface area (Å²) in [6.45, 7) is 4.03. The van der Waals surface area contributed by atoms with Gasteiger partial charge in [0.15, 0.2) is 0 Å². The Morgan fingerprint density at radius 1 is 1.41 bits per heavy atom. The quantitative estimate of drug-likeness (QED) is 0.827. The first kappa shape index (κ1) is 12.1. The van der Waals surface area contributed by atoms with Crippen molar-refractivity contribution in [2.75, 3.05) is 13.1 Å². The van der Waals surface area contributed by atoms with E-state index in [-0.39, 0.29) is 5.91 Å². The lowest BCUT2D eigenvalue weighted by Gasteiger charge is -2.23. The second-order valence-electron chi connectivity index (χ2n) is 4.77. The van der Waals surface area contributed by atoms with Gasteiger partial charge in [0.1, 0.15) is 0 Å². The van der Waals surface area contributed by atoms with Gasteiger partial charge >= 0.3 is 0 Å². The van der Waals surface area contributed by atoms with E-state index in [0.29, 0.717) is 12.5 Å². The minimum Gasteiger partial charge on any atom is -0.352 e. The van der Waals surface area contributed by atoms with Crippen LogP contribution in [0.3, 0.4) is 0 Å². The fourth-order valence-corrected chi connectivity index (χ4v) is 2.15. The number of carbonyl (C=O) groups is 1. The van der Waals surface area contributed by atoms with Crippen LogP contribution in [-0.4, -0.2) is 25.0 Å². The fourth-order valence-electron chi connectivity index (χ4n) is 2.15. The highest BCUT2D eigenvalue weighted by Gasteiger charge is 2.15. The summed E-state index contributed by atoms with van der Waals surface area (Å²) in [7, 11) is 0. The Hall–Kier alpha value is -1.35. The third-order valence-electron chi connectivity index (χ3n) is 3.15. The number of aryl methyl sites for hydroxylation is 1. The van der Waals surface area contributed by atoms with Gasteiger partial charge in [-0.25, -0.2) is 0 Å². The van der Waals surface area contributed by atoms with E-state index in [0.717, 1.165) is 31.5 Å². The summed E-state index contributed by atoms with van der Waals surface area (Å²) in [6.07, 6.45) is 2.72. The zero-order valence-corrected chi connectivity index (χ0v) is 10.3. The van der Waals surface area contributed by atoms with E-state index >= 15 is 0 Å². The molecule has 0 spiro atoms. The highest BCUT2D eigenvalue weighted by molar-refractivity contribution is 5.78. The van der Waals surface area contributed by atoms with E-state index in [1.165, 1.54) is 5.56 Å². The van der Waals surface area contributed by atoms with E-state index < -0.39 is 0 Å². The van der Waals surface area contributed by atoms with Crippen LogP contribution in [0.4, 0.5) is 0 Å². The molecule has 2 N–H and O–H groups in total. The molecule has 0 bridgehead atoms. The largest absolute Gasteiger partial charge is 0.352 e. The first-order chi connectivity index (χ1) is 8.24. The van der Waals surface area contributed by atoms with Gasteiger partial charge in [-0.05, 0) is 31.9 Å². The molecule has 1 heterocycles. The maximum absolute atomic E-state index is 11.8. The van der Waals surface area contributed by atoms with Crippen molar-refractivity contribution < 1.29 is 4.79 Å². The van der Waals surface area contributed by atoms with Crippen molar-refractivity contribution in [2.45, 2.75) is 32.2 Å². The molecule has 1 fully saturated rings.